The predicted octanol–water partition coefficient (Wildman–Crippen LogP) is 1.04. The van der Waals surface area contributed by atoms with Crippen LogP contribution in [0.5, 0.6) is 0 Å². The SMILES string of the molecule is CC(C)N(CC(=O)O)C(=O)N1CC(NC(=O)OCc2ccccc2)C1=O. The Morgan fingerprint density at radius 3 is 2.50 bits per heavy atom. The second-order valence-corrected chi connectivity index (χ2v) is 6.11. The number of nitrogens with one attached hydrogen (secondary N) is 1. The molecule has 1 saturated heterocycles. The van der Waals surface area contributed by atoms with Gasteiger partial charge in [-0.1, -0.05) is 30.3 Å². The lowest BCUT2D eigenvalue weighted by molar-refractivity contribution is -0.142. The largest absolute Gasteiger partial charge is 0.480 e. The number of carbonyl (C=O) groups is 4. The van der Waals surface area contributed by atoms with Crippen LogP contribution in [0.1, 0.15) is 19.4 Å². The van der Waals surface area contributed by atoms with Crippen LogP contribution in [0.15, 0.2) is 30.3 Å². The van der Waals surface area contributed by atoms with Crippen molar-refractivity contribution in [3.05, 3.63) is 35.9 Å². The van der Waals surface area contributed by atoms with Gasteiger partial charge in [0.1, 0.15) is 19.2 Å². The maximum atomic E-state index is 12.3. The Kier molecular flexibility index (Phi) is 6.16. The third kappa shape index (κ3) is 4.71. The first-order chi connectivity index (χ1) is 12.3. The predicted molar refractivity (Wildman–Crippen MR) is 90.1 cm³/mol. The lowest BCUT2D eigenvalue weighted by Gasteiger charge is -2.40. The van der Waals surface area contributed by atoms with E-state index in [0.29, 0.717) is 0 Å². The van der Waals surface area contributed by atoms with Crippen LogP contribution in [0.3, 0.4) is 0 Å². The van der Waals surface area contributed by atoms with E-state index in [-0.39, 0.29) is 19.2 Å². The molecule has 0 radical (unpaired) electrons. The van der Waals surface area contributed by atoms with Crippen LogP contribution in [0.2, 0.25) is 0 Å². The summed E-state index contributed by atoms with van der Waals surface area (Å²) >= 11 is 0. The zero-order valence-electron chi connectivity index (χ0n) is 14.5. The van der Waals surface area contributed by atoms with Gasteiger partial charge in [-0.05, 0) is 19.4 Å². The number of imide groups is 1. The summed E-state index contributed by atoms with van der Waals surface area (Å²) in [5.74, 6) is -1.76. The van der Waals surface area contributed by atoms with Crippen molar-refractivity contribution >= 4 is 24.0 Å². The third-order valence-corrected chi connectivity index (χ3v) is 3.84. The fourth-order valence-electron chi connectivity index (χ4n) is 2.38. The van der Waals surface area contributed by atoms with E-state index in [2.05, 4.69) is 5.32 Å². The molecule has 1 aromatic carbocycles. The topological polar surface area (TPSA) is 116 Å². The standard InChI is InChI=1S/C17H21N3O6/c1-11(2)19(9-14(21)22)17(25)20-8-13(15(20)23)18-16(24)26-10-12-6-4-3-5-7-12/h3-7,11,13H,8-10H2,1-2H3,(H,18,24)(H,21,22). The van der Waals surface area contributed by atoms with Gasteiger partial charge in [0.15, 0.2) is 0 Å². The fraction of sp³-hybridized carbons (Fsp3) is 0.412. The molecule has 1 aromatic rings. The molecule has 1 heterocycles. The van der Waals surface area contributed by atoms with Gasteiger partial charge in [-0.2, -0.15) is 0 Å². The van der Waals surface area contributed by atoms with E-state index in [1.807, 2.05) is 18.2 Å². The van der Waals surface area contributed by atoms with E-state index >= 15 is 0 Å². The minimum Gasteiger partial charge on any atom is -0.480 e. The van der Waals surface area contributed by atoms with Gasteiger partial charge in [0.25, 0.3) is 5.91 Å². The molecule has 1 atom stereocenters. The molecule has 2 rings (SSSR count). The number of rotatable bonds is 6. The molecule has 2 N–H and O–H groups in total. The van der Waals surface area contributed by atoms with E-state index in [0.717, 1.165) is 15.4 Å². The summed E-state index contributed by atoms with van der Waals surface area (Å²) in [6, 6.07) is 7.13. The molecule has 9 nitrogen and oxygen atoms in total. The molecule has 9 heteroatoms. The summed E-state index contributed by atoms with van der Waals surface area (Å²) in [7, 11) is 0. The minimum atomic E-state index is -1.17. The number of ether oxygens (including phenoxy) is 1. The molecule has 1 aliphatic heterocycles. The van der Waals surface area contributed by atoms with Crippen LogP contribution in [-0.4, -0.2) is 64.1 Å². The monoisotopic (exact) mass is 363 g/mol. The Bertz CT molecular complexity index is 691. The molecule has 0 spiro atoms. The molecule has 26 heavy (non-hydrogen) atoms. The number of β-lactam (4-membered cyclic amide) rings is 1. The number of hydrogen-bond acceptors (Lipinski definition) is 5. The van der Waals surface area contributed by atoms with Crippen molar-refractivity contribution in [2.45, 2.75) is 32.5 Å². The molecule has 140 valence electrons. The van der Waals surface area contributed by atoms with Crippen molar-refractivity contribution in [3.8, 4) is 0 Å². The van der Waals surface area contributed by atoms with Crippen molar-refractivity contribution in [2.24, 2.45) is 0 Å². The lowest BCUT2D eigenvalue weighted by atomic mass is 10.1. The number of aliphatic carboxylic acids is 1. The van der Waals surface area contributed by atoms with Crippen LogP contribution >= 0.6 is 0 Å². The Balaban J connectivity index is 1.82. The number of hydrogen-bond donors (Lipinski definition) is 2. The Morgan fingerprint density at radius 1 is 1.31 bits per heavy atom. The second-order valence-electron chi connectivity index (χ2n) is 6.11. The van der Waals surface area contributed by atoms with E-state index in [1.165, 1.54) is 0 Å². The second kappa shape index (κ2) is 8.32. The molecule has 0 saturated carbocycles. The van der Waals surface area contributed by atoms with E-state index in [9.17, 15) is 19.2 Å². The van der Waals surface area contributed by atoms with Crippen molar-refractivity contribution in [3.63, 3.8) is 0 Å². The summed E-state index contributed by atoms with van der Waals surface area (Å²) in [4.78, 5) is 49.0. The van der Waals surface area contributed by atoms with Crippen molar-refractivity contribution in [2.75, 3.05) is 13.1 Å². The van der Waals surface area contributed by atoms with E-state index < -0.39 is 36.6 Å². The van der Waals surface area contributed by atoms with Gasteiger partial charge in [-0.15, -0.1) is 0 Å². The van der Waals surface area contributed by atoms with Crippen molar-refractivity contribution in [1.29, 1.82) is 0 Å². The van der Waals surface area contributed by atoms with Gasteiger partial charge in [0.2, 0.25) is 0 Å². The highest BCUT2D eigenvalue weighted by Crippen LogP contribution is 2.15. The van der Waals surface area contributed by atoms with Crippen LogP contribution in [0, 0.1) is 0 Å². The lowest BCUT2D eigenvalue weighted by Crippen LogP contribution is -2.68. The summed E-state index contributed by atoms with van der Waals surface area (Å²) in [5, 5.41) is 11.3. The van der Waals surface area contributed by atoms with Crippen LogP contribution in [0.4, 0.5) is 9.59 Å². The number of likely N-dealkylation sites (tertiary alicyclic amines) is 1. The molecule has 4 amide bonds. The number of nitrogens with zero attached hydrogens (tertiary/aromatic N) is 2. The number of amides is 4. The highest BCUT2D eigenvalue weighted by Gasteiger charge is 2.44. The number of benzene rings is 1. The number of urea groups is 1. The van der Waals surface area contributed by atoms with Gasteiger partial charge < -0.3 is 20.1 Å². The first kappa shape index (κ1) is 19.2. The highest BCUT2D eigenvalue weighted by atomic mass is 16.5. The molecule has 0 bridgehead atoms. The summed E-state index contributed by atoms with van der Waals surface area (Å²) in [6.07, 6.45) is -0.759. The zero-order valence-corrected chi connectivity index (χ0v) is 14.5. The molecular formula is C17H21N3O6. The number of carboxylic acid groups (broad SMARTS) is 1. The average Bonchev–Trinajstić information content (AvgIpc) is 2.60. The van der Waals surface area contributed by atoms with Crippen molar-refractivity contribution in [1.82, 2.24) is 15.1 Å². The van der Waals surface area contributed by atoms with Gasteiger partial charge in [0.05, 0.1) is 6.54 Å². The van der Waals surface area contributed by atoms with Crippen LogP contribution in [-0.2, 0) is 20.9 Å². The maximum Gasteiger partial charge on any atom is 0.408 e. The van der Waals surface area contributed by atoms with Gasteiger partial charge in [-0.25, -0.2) is 9.59 Å². The summed E-state index contributed by atoms with van der Waals surface area (Å²) < 4.78 is 5.02. The van der Waals surface area contributed by atoms with Crippen molar-refractivity contribution < 1.29 is 29.0 Å². The molecule has 1 aliphatic rings. The van der Waals surface area contributed by atoms with E-state index in [1.54, 1.807) is 26.0 Å². The van der Waals surface area contributed by atoms with Gasteiger partial charge >= 0.3 is 18.1 Å². The fourth-order valence-corrected chi connectivity index (χ4v) is 2.38. The van der Waals surface area contributed by atoms with Gasteiger partial charge in [-0.3, -0.25) is 14.5 Å². The number of carboxylic acids is 1. The van der Waals surface area contributed by atoms with E-state index in [4.69, 9.17) is 9.84 Å². The highest BCUT2D eigenvalue weighted by molar-refractivity contribution is 6.03. The molecule has 0 aromatic heterocycles. The first-order valence-corrected chi connectivity index (χ1v) is 8.10. The summed E-state index contributed by atoms with van der Waals surface area (Å²) in [6.45, 7) is 2.85. The molecule has 0 aliphatic carbocycles. The number of alkyl carbamates (subject to hydrolysis) is 1. The molecular weight excluding hydrogens is 342 g/mol. The number of carbonyl (C=O) groups excluding carboxylic acids is 3. The Labute approximate surface area is 150 Å². The third-order valence-electron chi connectivity index (χ3n) is 3.84. The minimum absolute atomic E-state index is 0.0268. The zero-order chi connectivity index (χ0) is 19.3. The normalized spacial score (nSPS) is 16.0. The quantitative estimate of drug-likeness (QED) is 0.730. The Hall–Kier alpha value is -3.10. The summed E-state index contributed by atoms with van der Waals surface area (Å²) in [5.41, 5.74) is 0.806. The average molecular weight is 363 g/mol. The Morgan fingerprint density at radius 2 is 1.96 bits per heavy atom. The van der Waals surface area contributed by atoms with Crippen LogP contribution < -0.4 is 5.32 Å². The van der Waals surface area contributed by atoms with Gasteiger partial charge in [0, 0.05) is 6.04 Å². The maximum absolute atomic E-state index is 12.3. The smallest absolute Gasteiger partial charge is 0.408 e. The molecule has 1 unspecified atom stereocenters. The van der Waals surface area contributed by atoms with Crippen LogP contribution in [0.25, 0.3) is 0 Å². The molecule has 1 fully saturated rings. The first-order valence-electron chi connectivity index (χ1n) is 8.10.